The first kappa shape index (κ1) is 16.4. The van der Waals surface area contributed by atoms with E-state index in [4.69, 9.17) is 9.47 Å². The van der Waals surface area contributed by atoms with Gasteiger partial charge in [0.25, 0.3) is 0 Å². The van der Waals surface area contributed by atoms with Gasteiger partial charge in [0, 0.05) is 5.56 Å². The number of benzene rings is 2. The predicted molar refractivity (Wildman–Crippen MR) is 97.7 cm³/mol. The normalized spacial score (nSPS) is 16.2. The summed E-state index contributed by atoms with van der Waals surface area (Å²) in [7, 11) is 0. The third-order valence-corrected chi connectivity index (χ3v) is 4.44. The summed E-state index contributed by atoms with van der Waals surface area (Å²) >= 11 is 0. The molecule has 0 bridgehead atoms. The molecule has 7 heteroatoms. The van der Waals surface area contributed by atoms with E-state index in [1.54, 1.807) is 4.68 Å². The fraction of sp³-hybridized carbons (Fsp3) is 0.316. The second kappa shape index (κ2) is 6.67. The number of fused-ring (bicyclic) bond motifs is 2. The highest BCUT2D eigenvalue weighted by Crippen LogP contribution is 2.40. The van der Waals surface area contributed by atoms with Gasteiger partial charge in [-0.2, -0.15) is 10.1 Å². The Hall–Kier alpha value is -3.09. The van der Waals surface area contributed by atoms with Crippen molar-refractivity contribution in [2.24, 2.45) is 0 Å². The second-order valence-corrected chi connectivity index (χ2v) is 6.02. The third kappa shape index (κ3) is 2.75. The number of aromatic nitrogens is 3. The van der Waals surface area contributed by atoms with Gasteiger partial charge in [0.15, 0.2) is 0 Å². The minimum Gasteiger partial charge on any atom is -0.494 e. The minimum absolute atomic E-state index is 0.0871. The molecular weight excluding hydrogens is 332 g/mol. The van der Waals surface area contributed by atoms with Crippen LogP contribution in [0.1, 0.15) is 31.9 Å². The maximum atomic E-state index is 12.2. The number of nitrogens with zero attached hydrogens (tertiary/aromatic N) is 3. The molecule has 26 heavy (non-hydrogen) atoms. The fourth-order valence-electron chi connectivity index (χ4n) is 3.41. The van der Waals surface area contributed by atoms with Gasteiger partial charge in [-0.1, -0.05) is 12.1 Å². The van der Waals surface area contributed by atoms with Crippen LogP contribution in [0.3, 0.4) is 0 Å². The van der Waals surface area contributed by atoms with Crippen LogP contribution >= 0.6 is 0 Å². The Morgan fingerprint density at radius 2 is 2.00 bits per heavy atom. The Labute approximate surface area is 150 Å². The molecule has 1 unspecified atom stereocenters. The smallest absolute Gasteiger partial charge is 0.229 e. The third-order valence-electron chi connectivity index (χ3n) is 4.44. The first-order valence-electron chi connectivity index (χ1n) is 8.72. The molecule has 1 amide bonds. The van der Waals surface area contributed by atoms with Crippen LogP contribution in [0, 0.1) is 0 Å². The van der Waals surface area contributed by atoms with Gasteiger partial charge >= 0.3 is 0 Å². The highest BCUT2D eigenvalue weighted by atomic mass is 16.5. The summed E-state index contributed by atoms with van der Waals surface area (Å²) in [4.78, 5) is 16.4. The molecule has 1 N–H and O–H groups in total. The van der Waals surface area contributed by atoms with Crippen molar-refractivity contribution in [3.63, 3.8) is 0 Å². The number of ether oxygens (including phenoxy) is 2. The van der Waals surface area contributed by atoms with Crippen molar-refractivity contribution in [3.8, 4) is 11.5 Å². The standard InChI is InChI=1S/C19H20N4O3/c1-3-25-13-7-5-12-6-8-16(26-4-2)18(14(12)9-13)15-10-17(24)22-19-20-11-21-23(15)19/h5-9,11,15H,3-4,10H2,1-2H3,(H,20,21,22,24). The lowest BCUT2D eigenvalue weighted by Crippen LogP contribution is -2.29. The van der Waals surface area contributed by atoms with Crippen LogP contribution in [0.15, 0.2) is 36.7 Å². The van der Waals surface area contributed by atoms with Crippen LogP contribution < -0.4 is 14.8 Å². The summed E-state index contributed by atoms with van der Waals surface area (Å²) in [6.45, 7) is 5.02. The maximum absolute atomic E-state index is 12.2. The highest BCUT2D eigenvalue weighted by molar-refractivity contribution is 5.94. The number of carbonyl (C=O) groups excluding carboxylic acids is 1. The zero-order valence-corrected chi connectivity index (χ0v) is 14.7. The first-order chi connectivity index (χ1) is 12.7. The minimum atomic E-state index is -0.289. The Morgan fingerprint density at radius 3 is 2.81 bits per heavy atom. The first-order valence-corrected chi connectivity index (χ1v) is 8.72. The molecule has 1 atom stereocenters. The monoisotopic (exact) mass is 352 g/mol. The van der Waals surface area contributed by atoms with Gasteiger partial charge in [-0.05, 0) is 42.8 Å². The summed E-state index contributed by atoms with van der Waals surface area (Å²) in [6, 6.07) is 9.65. The predicted octanol–water partition coefficient (Wildman–Crippen LogP) is 3.16. The second-order valence-electron chi connectivity index (χ2n) is 6.02. The Kier molecular flexibility index (Phi) is 4.20. The van der Waals surface area contributed by atoms with Gasteiger partial charge in [-0.25, -0.2) is 4.68 Å². The number of hydrogen-bond donors (Lipinski definition) is 1. The number of anilines is 1. The Bertz CT molecular complexity index is 961. The van der Waals surface area contributed by atoms with Crippen molar-refractivity contribution in [1.29, 1.82) is 0 Å². The Balaban J connectivity index is 1.96. The van der Waals surface area contributed by atoms with E-state index >= 15 is 0 Å². The molecule has 0 radical (unpaired) electrons. The topological polar surface area (TPSA) is 78.3 Å². The maximum Gasteiger partial charge on any atom is 0.229 e. The molecule has 0 fully saturated rings. The number of carbonyl (C=O) groups is 1. The molecule has 0 spiro atoms. The van der Waals surface area contributed by atoms with E-state index in [1.807, 2.05) is 44.2 Å². The van der Waals surface area contributed by atoms with Crippen LogP contribution in [0.5, 0.6) is 11.5 Å². The van der Waals surface area contributed by atoms with Crippen molar-refractivity contribution in [2.45, 2.75) is 26.3 Å². The van der Waals surface area contributed by atoms with Crippen molar-refractivity contribution < 1.29 is 14.3 Å². The lowest BCUT2D eigenvalue weighted by Gasteiger charge is -2.26. The quantitative estimate of drug-likeness (QED) is 0.763. The van der Waals surface area contributed by atoms with E-state index in [0.29, 0.717) is 19.2 Å². The van der Waals surface area contributed by atoms with Gasteiger partial charge in [-0.3, -0.25) is 10.1 Å². The van der Waals surface area contributed by atoms with Gasteiger partial charge in [-0.15, -0.1) is 0 Å². The molecule has 0 aliphatic carbocycles. The summed E-state index contributed by atoms with van der Waals surface area (Å²) < 4.78 is 13.3. The SMILES string of the molecule is CCOc1ccc2ccc(OCC)c(C3CC(=O)Nc4ncnn43)c2c1. The molecule has 1 aliphatic heterocycles. The molecule has 1 aromatic heterocycles. The lowest BCUT2D eigenvalue weighted by molar-refractivity contribution is -0.117. The van der Waals surface area contributed by atoms with Crippen molar-refractivity contribution in [1.82, 2.24) is 14.8 Å². The van der Waals surface area contributed by atoms with E-state index in [9.17, 15) is 4.79 Å². The molecule has 134 valence electrons. The number of rotatable bonds is 5. The van der Waals surface area contributed by atoms with Crippen LogP contribution in [-0.2, 0) is 4.79 Å². The van der Waals surface area contributed by atoms with Gasteiger partial charge in [0.1, 0.15) is 17.8 Å². The van der Waals surface area contributed by atoms with Crippen molar-refractivity contribution >= 4 is 22.6 Å². The largest absolute Gasteiger partial charge is 0.494 e. The highest BCUT2D eigenvalue weighted by Gasteiger charge is 2.31. The van der Waals surface area contributed by atoms with Crippen molar-refractivity contribution in [3.05, 3.63) is 42.2 Å². The molecular formula is C19H20N4O3. The number of hydrogen-bond acceptors (Lipinski definition) is 5. The average Bonchev–Trinajstić information content (AvgIpc) is 3.10. The molecule has 4 rings (SSSR count). The lowest BCUT2D eigenvalue weighted by atomic mass is 9.94. The van der Waals surface area contributed by atoms with Crippen LogP contribution in [-0.4, -0.2) is 33.9 Å². The molecule has 2 heterocycles. The molecule has 1 aliphatic rings. The molecule has 0 saturated heterocycles. The zero-order chi connectivity index (χ0) is 18.1. The Morgan fingerprint density at radius 1 is 1.19 bits per heavy atom. The summed E-state index contributed by atoms with van der Waals surface area (Å²) in [6.07, 6.45) is 1.72. The average molecular weight is 352 g/mol. The molecule has 0 saturated carbocycles. The number of amides is 1. The van der Waals surface area contributed by atoms with Gasteiger partial charge < -0.3 is 9.47 Å². The van der Waals surface area contributed by atoms with Crippen LogP contribution in [0.2, 0.25) is 0 Å². The van der Waals surface area contributed by atoms with Crippen molar-refractivity contribution in [2.75, 3.05) is 18.5 Å². The van der Waals surface area contributed by atoms with E-state index < -0.39 is 0 Å². The van der Waals surface area contributed by atoms with E-state index in [2.05, 4.69) is 15.4 Å². The van der Waals surface area contributed by atoms with E-state index in [0.717, 1.165) is 27.8 Å². The molecule has 3 aromatic rings. The molecule has 7 nitrogen and oxygen atoms in total. The zero-order valence-electron chi connectivity index (χ0n) is 14.7. The number of nitrogens with one attached hydrogen (secondary N) is 1. The summed E-state index contributed by atoms with van der Waals surface area (Å²) in [5.41, 5.74) is 0.924. The van der Waals surface area contributed by atoms with E-state index in [-0.39, 0.29) is 18.4 Å². The molecule has 2 aromatic carbocycles. The van der Waals surface area contributed by atoms with E-state index in [1.165, 1.54) is 6.33 Å². The summed E-state index contributed by atoms with van der Waals surface area (Å²) in [5.74, 6) is 1.89. The van der Waals surface area contributed by atoms with Crippen LogP contribution in [0.4, 0.5) is 5.95 Å². The van der Waals surface area contributed by atoms with Crippen LogP contribution in [0.25, 0.3) is 10.8 Å². The van der Waals surface area contributed by atoms with Gasteiger partial charge in [0.2, 0.25) is 11.9 Å². The van der Waals surface area contributed by atoms with Gasteiger partial charge in [0.05, 0.1) is 25.7 Å². The summed E-state index contributed by atoms with van der Waals surface area (Å²) in [5, 5.41) is 9.12. The fourth-order valence-corrected chi connectivity index (χ4v) is 3.41.